The van der Waals surface area contributed by atoms with Gasteiger partial charge in [-0.05, 0) is 31.8 Å². The van der Waals surface area contributed by atoms with Crippen LogP contribution in [0.4, 0.5) is 8.78 Å². The Morgan fingerprint density at radius 3 is 2.50 bits per heavy atom. The average Bonchev–Trinajstić information content (AvgIpc) is 2.06. The van der Waals surface area contributed by atoms with E-state index in [1.54, 1.807) is 0 Å². The Balaban J connectivity index is 2.33. The van der Waals surface area contributed by atoms with E-state index in [-0.39, 0.29) is 18.6 Å². The molecule has 0 saturated carbocycles. The topological polar surface area (TPSA) is 29.1 Å². The van der Waals surface area contributed by atoms with Gasteiger partial charge in [0.1, 0.15) is 0 Å². The van der Waals surface area contributed by atoms with Crippen LogP contribution in [0.2, 0.25) is 0 Å². The van der Waals surface area contributed by atoms with E-state index >= 15 is 0 Å². The fraction of sp³-hybridized carbons (Fsp3) is 0.875. The van der Waals surface area contributed by atoms with Gasteiger partial charge in [-0.2, -0.15) is 8.78 Å². The SMILES string of the molecule is O=CC(F)(F)CC1CCNCC1. The van der Waals surface area contributed by atoms with Crippen LogP contribution in [0.1, 0.15) is 19.3 Å². The van der Waals surface area contributed by atoms with Crippen molar-refractivity contribution in [3.63, 3.8) is 0 Å². The molecule has 1 rings (SSSR count). The van der Waals surface area contributed by atoms with Gasteiger partial charge in [-0.3, -0.25) is 4.79 Å². The summed E-state index contributed by atoms with van der Waals surface area (Å²) < 4.78 is 25.1. The standard InChI is InChI=1S/C8H13F2NO/c9-8(10,6-12)5-7-1-3-11-4-2-7/h6-7,11H,1-5H2. The summed E-state index contributed by atoms with van der Waals surface area (Å²) in [7, 11) is 0. The second-order valence-electron chi connectivity index (χ2n) is 3.28. The minimum absolute atomic E-state index is 0.00597. The van der Waals surface area contributed by atoms with E-state index in [1.165, 1.54) is 0 Å². The molecule has 1 saturated heterocycles. The lowest BCUT2D eigenvalue weighted by molar-refractivity contribution is -0.131. The smallest absolute Gasteiger partial charge is 0.302 e. The monoisotopic (exact) mass is 177 g/mol. The predicted octanol–water partition coefficient (Wildman–Crippen LogP) is 1.21. The molecule has 0 aromatic rings. The second-order valence-corrected chi connectivity index (χ2v) is 3.28. The lowest BCUT2D eigenvalue weighted by atomic mass is 9.92. The molecule has 2 nitrogen and oxygen atoms in total. The van der Waals surface area contributed by atoms with Gasteiger partial charge in [-0.15, -0.1) is 0 Å². The van der Waals surface area contributed by atoms with Gasteiger partial charge in [0.2, 0.25) is 0 Å². The number of rotatable bonds is 3. The molecular formula is C8H13F2NO. The molecule has 0 spiro atoms. The van der Waals surface area contributed by atoms with Gasteiger partial charge in [0.25, 0.3) is 0 Å². The lowest BCUT2D eigenvalue weighted by Gasteiger charge is -2.24. The largest absolute Gasteiger partial charge is 0.317 e. The summed E-state index contributed by atoms with van der Waals surface area (Å²) in [5.41, 5.74) is 0. The van der Waals surface area contributed by atoms with Crippen LogP contribution in [-0.2, 0) is 4.79 Å². The van der Waals surface area contributed by atoms with Crippen molar-refractivity contribution in [3.8, 4) is 0 Å². The van der Waals surface area contributed by atoms with Crippen molar-refractivity contribution in [1.82, 2.24) is 5.32 Å². The molecule has 4 heteroatoms. The highest BCUT2D eigenvalue weighted by Crippen LogP contribution is 2.26. The number of hydrogen-bond acceptors (Lipinski definition) is 2. The van der Waals surface area contributed by atoms with Crippen molar-refractivity contribution in [2.24, 2.45) is 5.92 Å². The first-order chi connectivity index (χ1) is 5.64. The predicted molar refractivity (Wildman–Crippen MR) is 41.2 cm³/mol. The summed E-state index contributed by atoms with van der Waals surface area (Å²) in [5, 5.41) is 3.09. The van der Waals surface area contributed by atoms with E-state index in [0.29, 0.717) is 0 Å². The number of alkyl halides is 2. The fourth-order valence-electron chi connectivity index (χ4n) is 1.52. The van der Waals surface area contributed by atoms with Crippen molar-refractivity contribution in [1.29, 1.82) is 0 Å². The quantitative estimate of drug-likeness (QED) is 0.656. The summed E-state index contributed by atoms with van der Waals surface area (Å²) >= 11 is 0. The van der Waals surface area contributed by atoms with Gasteiger partial charge in [-0.25, -0.2) is 0 Å². The molecule has 0 aliphatic carbocycles. The zero-order chi connectivity index (χ0) is 9.03. The zero-order valence-corrected chi connectivity index (χ0v) is 6.85. The molecule has 0 aromatic heterocycles. The Bertz CT molecular complexity index is 155. The molecule has 1 aliphatic rings. The van der Waals surface area contributed by atoms with Crippen LogP contribution >= 0.6 is 0 Å². The first-order valence-electron chi connectivity index (χ1n) is 4.19. The van der Waals surface area contributed by atoms with Gasteiger partial charge < -0.3 is 5.32 Å². The van der Waals surface area contributed by atoms with E-state index in [4.69, 9.17) is 0 Å². The molecule has 0 amide bonds. The summed E-state index contributed by atoms with van der Waals surface area (Å²) in [5.74, 6) is -3.10. The van der Waals surface area contributed by atoms with Gasteiger partial charge in [0, 0.05) is 6.42 Å². The molecule has 0 aromatic carbocycles. The van der Waals surface area contributed by atoms with Crippen LogP contribution in [0.3, 0.4) is 0 Å². The Morgan fingerprint density at radius 1 is 1.42 bits per heavy atom. The minimum Gasteiger partial charge on any atom is -0.317 e. The number of carbonyl (C=O) groups is 1. The molecular weight excluding hydrogens is 164 g/mol. The highest BCUT2D eigenvalue weighted by molar-refractivity contribution is 5.59. The van der Waals surface area contributed by atoms with Crippen molar-refractivity contribution in [2.45, 2.75) is 25.2 Å². The van der Waals surface area contributed by atoms with Crippen LogP contribution in [0.25, 0.3) is 0 Å². The number of aldehydes is 1. The molecule has 12 heavy (non-hydrogen) atoms. The summed E-state index contributed by atoms with van der Waals surface area (Å²) in [4.78, 5) is 9.93. The van der Waals surface area contributed by atoms with Gasteiger partial charge >= 0.3 is 5.92 Å². The molecule has 0 atom stereocenters. The summed E-state index contributed by atoms with van der Waals surface area (Å²) in [6.45, 7) is 1.58. The van der Waals surface area contributed by atoms with Crippen molar-refractivity contribution < 1.29 is 13.6 Å². The normalized spacial score (nSPS) is 20.8. The minimum atomic E-state index is -3.11. The van der Waals surface area contributed by atoms with Crippen molar-refractivity contribution >= 4 is 6.29 Å². The van der Waals surface area contributed by atoms with E-state index in [0.717, 1.165) is 25.9 Å². The van der Waals surface area contributed by atoms with Crippen LogP contribution in [0, 0.1) is 5.92 Å². The molecule has 0 radical (unpaired) electrons. The maximum absolute atomic E-state index is 12.5. The van der Waals surface area contributed by atoms with Crippen LogP contribution in [-0.4, -0.2) is 25.3 Å². The second kappa shape index (κ2) is 3.94. The van der Waals surface area contributed by atoms with Crippen molar-refractivity contribution in [3.05, 3.63) is 0 Å². The fourth-order valence-corrected chi connectivity index (χ4v) is 1.52. The van der Waals surface area contributed by atoms with Crippen LogP contribution in [0.5, 0.6) is 0 Å². The van der Waals surface area contributed by atoms with Crippen LogP contribution in [0.15, 0.2) is 0 Å². The Morgan fingerprint density at radius 2 is 2.00 bits per heavy atom. The molecule has 1 N–H and O–H groups in total. The number of piperidine rings is 1. The zero-order valence-electron chi connectivity index (χ0n) is 6.85. The lowest BCUT2D eigenvalue weighted by Crippen LogP contribution is -2.32. The number of nitrogens with one attached hydrogen (secondary N) is 1. The maximum Gasteiger partial charge on any atom is 0.302 e. The first kappa shape index (κ1) is 9.58. The van der Waals surface area contributed by atoms with Gasteiger partial charge in [0.05, 0.1) is 0 Å². The average molecular weight is 177 g/mol. The third-order valence-electron chi connectivity index (χ3n) is 2.19. The Labute approximate surface area is 70.3 Å². The van der Waals surface area contributed by atoms with Crippen LogP contribution < -0.4 is 5.32 Å². The van der Waals surface area contributed by atoms with Gasteiger partial charge in [-0.1, -0.05) is 0 Å². The number of halogens is 2. The molecule has 0 unspecified atom stereocenters. The molecule has 0 bridgehead atoms. The van der Waals surface area contributed by atoms with Crippen molar-refractivity contribution in [2.75, 3.05) is 13.1 Å². The maximum atomic E-state index is 12.5. The van der Waals surface area contributed by atoms with E-state index in [9.17, 15) is 13.6 Å². The molecule has 1 fully saturated rings. The number of hydrogen-bond donors (Lipinski definition) is 1. The highest BCUT2D eigenvalue weighted by atomic mass is 19.3. The first-order valence-corrected chi connectivity index (χ1v) is 4.19. The third kappa shape index (κ3) is 2.85. The van der Waals surface area contributed by atoms with E-state index in [2.05, 4.69) is 5.32 Å². The molecule has 1 aliphatic heterocycles. The highest BCUT2D eigenvalue weighted by Gasteiger charge is 2.32. The third-order valence-corrected chi connectivity index (χ3v) is 2.19. The summed E-state index contributed by atoms with van der Waals surface area (Å²) in [6, 6.07) is 0. The van der Waals surface area contributed by atoms with E-state index in [1.807, 2.05) is 0 Å². The molecule has 70 valence electrons. The molecule has 1 heterocycles. The van der Waals surface area contributed by atoms with Gasteiger partial charge in [0.15, 0.2) is 6.29 Å². The van der Waals surface area contributed by atoms with E-state index < -0.39 is 5.92 Å². The number of carbonyl (C=O) groups excluding carboxylic acids is 1. The Kier molecular flexibility index (Phi) is 3.14. The Hall–Kier alpha value is -0.510. The summed E-state index contributed by atoms with van der Waals surface area (Å²) in [6.07, 6.45) is 0.986.